The Hall–Kier alpha value is -2.57. The summed E-state index contributed by atoms with van der Waals surface area (Å²) in [5.74, 6) is 0.998. The van der Waals surface area contributed by atoms with Gasteiger partial charge >= 0.3 is 0 Å². The molecule has 140 valence electrons. The second-order valence-corrected chi connectivity index (χ2v) is 6.72. The first kappa shape index (κ1) is 19.2. The average Bonchev–Trinajstić information content (AvgIpc) is 3.05. The van der Waals surface area contributed by atoms with Crippen LogP contribution in [0.15, 0.2) is 47.0 Å². The van der Waals surface area contributed by atoms with Gasteiger partial charge in [0.1, 0.15) is 5.75 Å². The van der Waals surface area contributed by atoms with Gasteiger partial charge in [-0.15, -0.1) is 0 Å². The van der Waals surface area contributed by atoms with E-state index in [2.05, 4.69) is 15.5 Å². The van der Waals surface area contributed by atoms with E-state index in [1.807, 2.05) is 6.92 Å². The molecule has 1 heterocycles. The topological polar surface area (TPSA) is 77.2 Å². The van der Waals surface area contributed by atoms with Crippen LogP contribution < -0.4 is 10.1 Å². The summed E-state index contributed by atoms with van der Waals surface area (Å²) in [5.41, 5.74) is 1.17. The molecule has 2 aromatic carbocycles. The van der Waals surface area contributed by atoms with Crippen LogP contribution in [0, 0.1) is 6.92 Å². The molecule has 0 saturated carbocycles. The van der Waals surface area contributed by atoms with Crippen LogP contribution in [0.4, 0.5) is 0 Å². The number of nitrogens with one attached hydrogen (secondary N) is 1. The maximum atomic E-state index is 12.7. The molecule has 0 bridgehead atoms. The first-order valence-electron chi connectivity index (χ1n) is 8.21. The molecule has 0 aliphatic carbocycles. The molecule has 1 aromatic heterocycles. The van der Waals surface area contributed by atoms with Crippen molar-refractivity contribution in [1.29, 1.82) is 0 Å². The summed E-state index contributed by atoms with van der Waals surface area (Å²) in [4.78, 5) is 16.8. The van der Waals surface area contributed by atoms with Gasteiger partial charge in [-0.3, -0.25) is 4.79 Å². The fourth-order valence-corrected chi connectivity index (χ4v) is 3.10. The van der Waals surface area contributed by atoms with Gasteiger partial charge in [-0.2, -0.15) is 4.98 Å². The molecule has 1 N–H and O–H groups in total. The fraction of sp³-hybridized carbons (Fsp3) is 0.211. The minimum atomic E-state index is -0.310. The highest BCUT2D eigenvalue weighted by Gasteiger charge is 2.18. The minimum Gasteiger partial charge on any atom is -0.485 e. The number of carbonyl (C=O) groups is 1. The third-order valence-electron chi connectivity index (χ3n) is 3.83. The summed E-state index contributed by atoms with van der Waals surface area (Å²) in [5, 5.41) is 7.72. The van der Waals surface area contributed by atoms with Gasteiger partial charge in [0.2, 0.25) is 11.7 Å². The van der Waals surface area contributed by atoms with Crippen molar-refractivity contribution in [2.45, 2.75) is 26.5 Å². The SMILES string of the molecule is Cc1nc(COc2ccccc2C(=O)NC(C)c2ccc(Cl)cc2Cl)no1. The van der Waals surface area contributed by atoms with E-state index >= 15 is 0 Å². The van der Waals surface area contributed by atoms with Crippen molar-refractivity contribution in [3.05, 3.63) is 75.4 Å². The zero-order valence-corrected chi connectivity index (χ0v) is 16.2. The Morgan fingerprint density at radius 3 is 2.74 bits per heavy atom. The van der Waals surface area contributed by atoms with Gasteiger partial charge in [0.15, 0.2) is 6.61 Å². The second-order valence-electron chi connectivity index (χ2n) is 5.88. The van der Waals surface area contributed by atoms with Crippen LogP contribution in [0.2, 0.25) is 10.0 Å². The number of benzene rings is 2. The molecule has 0 aliphatic rings. The second kappa shape index (κ2) is 8.41. The van der Waals surface area contributed by atoms with Crippen molar-refractivity contribution < 1.29 is 14.1 Å². The van der Waals surface area contributed by atoms with Crippen molar-refractivity contribution in [2.75, 3.05) is 0 Å². The van der Waals surface area contributed by atoms with Gasteiger partial charge in [0.25, 0.3) is 5.91 Å². The smallest absolute Gasteiger partial charge is 0.255 e. The first-order chi connectivity index (χ1) is 12.9. The molecule has 3 rings (SSSR count). The van der Waals surface area contributed by atoms with Crippen molar-refractivity contribution in [3.8, 4) is 5.75 Å². The van der Waals surface area contributed by atoms with Crippen LogP contribution >= 0.6 is 23.2 Å². The number of hydrogen-bond acceptors (Lipinski definition) is 5. The Kier molecular flexibility index (Phi) is 5.98. The Morgan fingerprint density at radius 2 is 2.04 bits per heavy atom. The third kappa shape index (κ3) is 4.78. The van der Waals surface area contributed by atoms with Crippen molar-refractivity contribution >= 4 is 29.1 Å². The van der Waals surface area contributed by atoms with Crippen LogP contribution in [-0.4, -0.2) is 16.0 Å². The van der Waals surface area contributed by atoms with Gasteiger partial charge in [0.05, 0.1) is 11.6 Å². The van der Waals surface area contributed by atoms with Crippen molar-refractivity contribution in [3.63, 3.8) is 0 Å². The summed E-state index contributed by atoms with van der Waals surface area (Å²) < 4.78 is 10.6. The van der Waals surface area contributed by atoms with E-state index < -0.39 is 0 Å². The highest BCUT2D eigenvalue weighted by atomic mass is 35.5. The predicted molar refractivity (Wildman–Crippen MR) is 102 cm³/mol. The normalized spacial score (nSPS) is 11.9. The van der Waals surface area contributed by atoms with E-state index in [9.17, 15) is 4.79 Å². The zero-order chi connectivity index (χ0) is 19.4. The lowest BCUT2D eigenvalue weighted by molar-refractivity contribution is 0.0935. The molecule has 0 spiro atoms. The first-order valence-corrected chi connectivity index (χ1v) is 8.96. The number of amides is 1. The van der Waals surface area contributed by atoms with E-state index in [4.69, 9.17) is 32.5 Å². The highest BCUT2D eigenvalue weighted by molar-refractivity contribution is 6.35. The molecule has 1 amide bonds. The van der Waals surface area contributed by atoms with E-state index in [1.54, 1.807) is 49.4 Å². The van der Waals surface area contributed by atoms with E-state index in [0.717, 1.165) is 5.56 Å². The van der Waals surface area contributed by atoms with Crippen molar-refractivity contribution in [1.82, 2.24) is 15.5 Å². The molecule has 0 radical (unpaired) electrons. The maximum Gasteiger partial charge on any atom is 0.255 e. The Bertz CT molecular complexity index is 959. The van der Waals surface area contributed by atoms with Gasteiger partial charge in [-0.1, -0.05) is 46.6 Å². The van der Waals surface area contributed by atoms with E-state index in [1.165, 1.54) is 0 Å². The van der Waals surface area contributed by atoms with Crippen LogP contribution in [0.1, 0.15) is 40.6 Å². The number of aromatic nitrogens is 2. The predicted octanol–water partition coefficient (Wildman–Crippen LogP) is 4.75. The highest BCUT2D eigenvalue weighted by Crippen LogP contribution is 2.27. The van der Waals surface area contributed by atoms with Gasteiger partial charge in [-0.25, -0.2) is 0 Å². The summed E-state index contributed by atoms with van der Waals surface area (Å²) in [6.45, 7) is 3.64. The summed E-state index contributed by atoms with van der Waals surface area (Å²) >= 11 is 12.1. The maximum absolute atomic E-state index is 12.7. The van der Waals surface area contributed by atoms with Gasteiger partial charge in [-0.05, 0) is 36.8 Å². The van der Waals surface area contributed by atoms with Crippen molar-refractivity contribution in [2.24, 2.45) is 0 Å². The number of aryl methyl sites for hydroxylation is 1. The summed E-state index contributed by atoms with van der Waals surface area (Å²) in [6.07, 6.45) is 0. The zero-order valence-electron chi connectivity index (χ0n) is 14.7. The molecular formula is C19H17Cl2N3O3. The molecule has 27 heavy (non-hydrogen) atoms. The number of ether oxygens (including phenoxy) is 1. The third-order valence-corrected chi connectivity index (χ3v) is 4.40. The Morgan fingerprint density at radius 1 is 1.26 bits per heavy atom. The van der Waals surface area contributed by atoms with Crippen LogP contribution in [0.5, 0.6) is 5.75 Å². The molecule has 1 atom stereocenters. The molecular weight excluding hydrogens is 389 g/mol. The number of para-hydroxylation sites is 1. The molecule has 1 unspecified atom stereocenters. The lowest BCUT2D eigenvalue weighted by Crippen LogP contribution is -2.27. The quantitative estimate of drug-likeness (QED) is 0.639. The standard InChI is InChI=1S/C19H17Cl2N3O3/c1-11(14-8-7-13(20)9-16(14)21)22-19(25)15-5-3-4-6-17(15)26-10-18-23-12(2)27-24-18/h3-9,11H,10H2,1-2H3,(H,22,25). The fourth-order valence-electron chi connectivity index (χ4n) is 2.53. The molecule has 0 aliphatic heterocycles. The van der Waals surface area contributed by atoms with Gasteiger partial charge < -0.3 is 14.6 Å². The Balaban J connectivity index is 1.72. The molecule has 6 nitrogen and oxygen atoms in total. The summed E-state index contributed by atoms with van der Waals surface area (Å²) in [7, 11) is 0. The largest absolute Gasteiger partial charge is 0.485 e. The monoisotopic (exact) mass is 405 g/mol. The lowest BCUT2D eigenvalue weighted by Gasteiger charge is -2.17. The average molecular weight is 406 g/mol. The molecule has 0 saturated heterocycles. The minimum absolute atomic E-state index is 0.0974. The Labute approximate surface area is 166 Å². The molecule has 3 aromatic rings. The van der Waals surface area contributed by atoms with Crippen LogP contribution in [0.3, 0.4) is 0 Å². The van der Waals surface area contributed by atoms with E-state index in [-0.39, 0.29) is 18.6 Å². The number of nitrogens with zero attached hydrogens (tertiary/aromatic N) is 2. The molecule has 8 heteroatoms. The number of hydrogen-bond donors (Lipinski definition) is 1. The summed E-state index contributed by atoms with van der Waals surface area (Å²) in [6, 6.07) is 11.8. The number of rotatable bonds is 6. The van der Waals surface area contributed by atoms with Crippen LogP contribution in [-0.2, 0) is 6.61 Å². The van der Waals surface area contributed by atoms with E-state index in [0.29, 0.717) is 33.1 Å². The van der Waals surface area contributed by atoms with Gasteiger partial charge in [0, 0.05) is 17.0 Å². The number of halogens is 2. The molecule has 0 fully saturated rings. The van der Waals surface area contributed by atoms with Crippen LogP contribution in [0.25, 0.3) is 0 Å². The number of carbonyl (C=O) groups excluding carboxylic acids is 1. The lowest BCUT2D eigenvalue weighted by atomic mass is 10.1.